The van der Waals surface area contributed by atoms with Gasteiger partial charge in [-0.15, -0.1) is 0 Å². The molecule has 0 unspecified atom stereocenters. The van der Waals surface area contributed by atoms with Crippen molar-refractivity contribution in [3.8, 4) is 11.8 Å². The molecule has 0 radical (unpaired) electrons. The Bertz CT molecular complexity index is 754. The van der Waals surface area contributed by atoms with Crippen molar-refractivity contribution in [2.24, 2.45) is 0 Å². The highest BCUT2D eigenvalue weighted by atomic mass is 35.5. The highest BCUT2D eigenvalue weighted by Gasteiger charge is 2.09. The first kappa shape index (κ1) is 10.7. The highest BCUT2D eigenvalue weighted by Crippen LogP contribution is 2.21. The van der Waals surface area contributed by atoms with Crippen LogP contribution < -0.4 is 0 Å². The Morgan fingerprint density at radius 3 is 2.67 bits per heavy atom. The lowest BCUT2D eigenvalue weighted by Crippen LogP contribution is -1.97. The van der Waals surface area contributed by atoms with Crippen LogP contribution in [-0.2, 0) is 0 Å². The van der Waals surface area contributed by atoms with Gasteiger partial charge >= 0.3 is 0 Å². The Balaban J connectivity index is 2.20. The number of nitrogens with zero attached hydrogens (tertiary/aromatic N) is 5. The maximum absolute atomic E-state index is 8.76. The first-order chi connectivity index (χ1) is 8.79. The van der Waals surface area contributed by atoms with Crippen LogP contribution in [0.4, 0.5) is 0 Å². The summed E-state index contributed by atoms with van der Waals surface area (Å²) in [7, 11) is 0. The molecule has 0 atom stereocenters. The normalized spacial score (nSPS) is 10.4. The predicted molar refractivity (Wildman–Crippen MR) is 66.4 cm³/mol. The maximum Gasteiger partial charge on any atom is 0.167 e. The van der Waals surface area contributed by atoms with E-state index in [1.807, 2.05) is 0 Å². The van der Waals surface area contributed by atoms with Gasteiger partial charge in [0.05, 0.1) is 28.9 Å². The van der Waals surface area contributed by atoms with Gasteiger partial charge in [-0.25, -0.2) is 14.6 Å². The second kappa shape index (κ2) is 4.09. The largest absolute Gasteiger partial charge is 0.224 e. The molecular weight excluding hydrogens is 250 g/mol. The van der Waals surface area contributed by atoms with Gasteiger partial charge in [-0.1, -0.05) is 11.6 Å². The average molecular weight is 256 g/mol. The average Bonchev–Trinajstić information content (AvgIpc) is 2.84. The van der Waals surface area contributed by atoms with Gasteiger partial charge in [-0.05, 0) is 24.3 Å². The van der Waals surface area contributed by atoms with Gasteiger partial charge in [-0.3, -0.25) is 0 Å². The summed E-state index contributed by atoms with van der Waals surface area (Å²) >= 11 is 5.96. The molecule has 0 aliphatic rings. The number of rotatable bonds is 1. The van der Waals surface area contributed by atoms with Crippen LogP contribution >= 0.6 is 11.6 Å². The Labute approximate surface area is 107 Å². The molecule has 3 rings (SSSR count). The van der Waals surface area contributed by atoms with Crippen LogP contribution in [0.3, 0.4) is 0 Å². The minimum atomic E-state index is 0.375. The molecule has 0 N–H and O–H groups in total. The number of aromatic nitrogens is 4. The van der Waals surface area contributed by atoms with Crippen molar-refractivity contribution in [1.82, 2.24) is 19.7 Å². The van der Waals surface area contributed by atoms with Gasteiger partial charge in [0.1, 0.15) is 11.5 Å². The zero-order valence-electron chi connectivity index (χ0n) is 9.08. The van der Waals surface area contributed by atoms with E-state index in [0.717, 1.165) is 5.69 Å². The van der Waals surface area contributed by atoms with Gasteiger partial charge < -0.3 is 0 Å². The fraction of sp³-hybridized carbons (Fsp3) is 0. The van der Waals surface area contributed by atoms with Crippen molar-refractivity contribution < 1.29 is 0 Å². The summed E-state index contributed by atoms with van der Waals surface area (Å²) in [6.07, 6.45) is 3.02. The van der Waals surface area contributed by atoms with Gasteiger partial charge in [0.2, 0.25) is 0 Å². The lowest BCUT2D eigenvalue weighted by atomic mass is 10.2. The smallest absolute Gasteiger partial charge is 0.167 e. The van der Waals surface area contributed by atoms with Crippen LogP contribution in [-0.4, -0.2) is 19.7 Å². The first-order valence-electron chi connectivity index (χ1n) is 5.14. The minimum absolute atomic E-state index is 0.375. The van der Waals surface area contributed by atoms with E-state index >= 15 is 0 Å². The molecule has 0 spiro atoms. The molecule has 0 saturated carbocycles. The fourth-order valence-corrected chi connectivity index (χ4v) is 1.86. The summed E-state index contributed by atoms with van der Waals surface area (Å²) in [6.45, 7) is 0. The second-order valence-corrected chi connectivity index (χ2v) is 3.97. The third-order valence-corrected chi connectivity index (χ3v) is 2.86. The maximum atomic E-state index is 8.76. The summed E-state index contributed by atoms with van der Waals surface area (Å²) in [5.74, 6) is 0. The molecule has 18 heavy (non-hydrogen) atoms. The summed E-state index contributed by atoms with van der Waals surface area (Å²) in [5, 5.41) is 14.1. The molecular formula is C12H6ClN5. The quantitative estimate of drug-likeness (QED) is 0.626. The Kier molecular flexibility index (Phi) is 2.43. The molecule has 0 fully saturated rings. The third kappa shape index (κ3) is 1.60. The van der Waals surface area contributed by atoms with Crippen molar-refractivity contribution in [3.05, 3.63) is 47.5 Å². The second-order valence-electron chi connectivity index (χ2n) is 3.62. The number of hydrogen-bond donors (Lipinski definition) is 0. The molecule has 86 valence electrons. The minimum Gasteiger partial charge on any atom is -0.224 e. The molecule has 2 aromatic heterocycles. The van der Waals surface area contributed by atoms with E-state index in [1.54, 1.807) is 35.1 Å². The summed E-state index contributed by atoms with van der Waals surface area (Å²) in [6, 6.07) is 9.14. The standard InChI is InChI=1S/C12H6ClN5/c13-11-10-6-17-18(12(10)16-7-15-11)9-3-1-8(5-14)2-4-9/h1-4,6-7H. The van der Waals surface area contributed by atoms with Gasteiger partial charge in [0.25, 0.3) is 0 Å². The van der Waals surface area contributed by atoms with Gasteiger partial charge in [0.15, 0.2) is 5.65 Å². The van der Waals surface area contributed by atoms with Gasteiger partial charge in [-0.2, -0.15) is 10.4 Å². The van der Waals surface area contributed by atoms with Crippen molar-refractivity contribution >= 4 is 22.6 Å². The van der Waals surface area contributed by atoms with E-state index in [-0.39, 0.29) is 0 Å². The molecule has 1 aromatic carbocycles. The topological polar surface area (TPSA) is 67.4 Å². The van der Waals surface area contributed by atoms with E-state index < -0.39 is 0 Å². The first-order valence-corrected chi connectivity index (χ1v) is 5.52. The van der Waals surface area contributed by atoms with E-state index in [4.69, 9.17) is 16.9 Å². The van der Waals surface area contributed by atoms with Gasteiger partial charge in [0, 0.05) is 0 Å². The van der Waals surface area contributed by atoms with Crippen molar-refractivity contribution in [2.45, 2.75) is 0 Å². The summed E-state index contributed by atoms with van der Waals surface area (Å²) < 4.78 is 1.66. The predicted octanol–water partition coefficient (Wildman–Crippen LogP) is 2.34. The lowest BCUT2D eigenvalue weighted by Gasteiger charge is -2.02. The molecule has 0 saturated heterocycles. The third-order valence-electron chi connectivity index (χ3n) is 2.56. The van der Waals surface area contributed by atoms with E-state index in [0.29, 0.717) is 21.7 Å². The van der Waals surface area contributed by atoms with Crippen LogP contribution in [0.25, 0.3) is 16.7 Å². The van der Waals surface area contributed by atoms with Crippen LogP contribution in [0.5, 0.6) is 0 Å². The van der Waals surface area contributed by atoms with Crippen LogP contribution in [0, 0.1) is 11.3 Å². The molecule has 0 aliphatic carbocycles. The Hall–Kier alpha value is -2.45. The lowest BCUT2D eigenvalue weighted by molar-refractivity contribution is 0.895. The molecule has 5 nitrogen and oxygen atoms in total. The SMILES string of the molecule is N#Cc1ccc(-n2ncc3c(Cl)ncnc32)cc1. The van der Waals surface area contributed by atoms with Crippen molar-refractivity contribution in [1.29, 1.82) is 5.26 Å². The molecule has 0 aliphatic heterocycles. The van der Waals surface area contributed by atoms with E-state index in [1.165, 1.54) is 6.33 Å². The number of benzene rings is 1. The fourth-order valence-electron chi connectivity index (χ4n) is 1.68. The number of fused-ring (bicyclic) bond motifs is 1. The van der Waals surface area contributed by atoms with Crippen LogP contribution in [0.1, 0.15) is 5.56 Å². The zero-order chi connectivity index (χ0) is 12.5. The Morgan fingerprint density at radius 2 is 1.94 bits per heavy atom. The van der Waals surface area contributed by atoms with Crippen LogP contribution in [0.2, 0.25) is 5.15 Å². The molecule has 3 aromatic rings. The van der Waals surface area contributed by atoms with Crippen molar-refractivity contribution in [3.63, 3.8) is 0 Å². The molecule has 6 heteroatoms. The number of hydrogen-bond acceptors (Lipinski definition) is 4. The summed E-state index contributed by atoms with van der Waals surface area (Å²) in [5.41, 5.74) is 2.06. The van der Waals surface area contributed by atoms with E-state index in [2.05, 4.69) is 21.1 Å². The zero-order valence-corrected chi connectivity index (χ0v) is 9.83. The molecule has 2 heterocycles. The Morgan fingerprint density at radius 1 is 1.17 bits per heavy atom. The molecule has 0 amide bonds. The number of halogens is 1. The number of nitriles is 1. The summed E-state index contributed by atoms with van der Waals surface area (Å²) in [4.78, 5) is 8.06. The monoisotopic (exact) mass is 255 g/mol. The van der Waals surface area contributed by atoms with E-state index in [9.17, 15) is 0 Å². The highest BCUT2D eigenvalue weighted by molar-refractivity contribution is 6.33. The molecule has 0 bridgehead atoms. The van der Waals surface area contributed by atoms with Crippen molar-refractivity contribution in [2.75, 3.05) is 0 Å². The van der Waals surface area contributed by atoms with Crippen LogP contribution in [0.15, 0.2) is 36.8 Å².